The van der Waals surface area contributed by atoms with Crippen LogP contribution >= 0.6 is 11.6 Å². The average molecular weight is 436 g/mol. The fourth-order valence-corrected chi connectivity index (χ4v) is 3.49. The number of anilines is 2. The number of nitrogens with one attached hydrogen (secondary N) is 1. The van der Waals surface area contributed by atoms with Gasteiger partial charge < -0.3 is 10.2 Å². The number of nitrogens with zero attached hydrogens (tertiary/aromatic N) is 6. The number of hydrogen-bond acceptors (Lipinski definition) is 6. The molecule has 1 aromatic carbocycles. The summed E-state index contributed by atoms with van der Waals surface area (Å²) in [6.07, 6.45) is -0.211. The lowest BCUT2D eigenvalue weighted by Crippen LogP contribution is -2.27. The standard InChI is InChI=1S/C20H24ClF2N7/c1-19(2,3)11-24-18-25-16(29-9-8-20(22,23)12-29)15-17(26-18)30(28-27-15)10-13-6-4-5-7-14(13)21/h4-7H,8-12H2,1-3H3,(H,24,25,26). The van der Waals surface area contributed by atoms with Crippen molar-refractivity contribution in [3.63, 3.8) is 0 Å². The maximum Gasteiger partial charge on any atom is 0.266 e. The van der Waals surface area contributed by atoms with Crippen LogP contribution in [0.2, 0.25) is 5.02 Å². The summed E-state index contributed by atoms with van der Waals surface area (Å²) in [6, 6.07) is 7.45. The summed E-state index contributed by atoms with van der Waals surface area (Å²) < 4.78 is 29.4. The molecule has 7 nitrogen and oxygen atoms in total. The van der Waals surface area contributed by atoms with Crippen LogP contribution in [0.3, 0.4) is 0 Å². The molecule has 0 spiro atoms. The van der Waals surface area contributed by atoms with Crippen molar-refractivity contribution in [2.75, 3.05) is 29.9 Å². The largest absolute Gasteiger partial charge is 0.354 e. The molecule has 3 aromatic rings. The van der Waals surface area contributed by atoms with E-state index in [4.69, 9.17) is 11.6 Å². The number of halogens is 3. The first-order chi connectivity index (χ1) is 14.1. The Morgan fingerprint density at radius 3 is 2.63 bits per heavy atom. The lowest BCUT2D eigenvalue weighted by molar-refractivity contribution is 0.0257. The fourth-order valence-electron chi connectivity index (χ4n) is 3.30. The molecular formula is C20H24ClF2N7. The first-order valence-corrected chi connectivity index (χ1v) is 10.2. The molecule has 1 saturated heterocycles. The summed E-state index contributed by atoms with van der Waals surface area (Å²) in [5, 5.41) is 12.3. The van der Waals surface area contributed by atoms with Crippen LogP contribution in [0.25, 0.3) is 11.2 Å². The van der Waals surface area contributed by atoms with E-state index in [1.54, 1.807) is 15.6 Å². The van der Waals surface area contributed by atoms with E-state index in [0.717, 1.165) is 5.56 Å². The SMILES string of the molecule is CC(C)(C)CNc1nc(N2CCC(F)(F)C2)c2nnn(Cc3ccccc3Cl)c2n1. The second-order valence-corrected chi connectivity index (χ2v) is 9.23. The summed E-state index contributed by atoms with van der Waals surface area (Å²) in [4.78, 5) is 10.7. The third kappa shape index (κ3) is 4.45. The molecule has 1 N–H and O–H groups in total. The lowest BCUT2D eigenvalue weighted by atomic mass is 9.97. The number of benzene rings is 1. The minimum atomic E-state index is -2.75. The zero-order valence-corrected chi connectivity index (χ0v) is 17.9. The minimum Gasteiger partial charge on any atom is -0.354 e. The monoisotopic (exact) mass is 435 g/mol. The molecule has 0 amide bonds. The van der Waals surface area contributed by atoms with E-state index in [1.165, 1.54) is 0 Å². The predicted octanol–water partition coefficient (Wildman–Crippen LogP) is 4.23. The Bertz CT molecular complexity index is 1060. The van der Waals surface area contributed by atoms with Gasteiger partial charge in [0.2, 0.25) is 5.95 Å². The van der Waals surface area contributed by atoms with E-state index >= 15 is 0 Å². The maximum absolute atomic E-state index is 13.9. The van der Waals surface area contributed by atoms with E-state index in [0.29, 0.717) is 41.0 Å². The van der Waals surface area contributed by atoms with Crippen molar-refractivity contribution in [2.45, 2.75) is 39.7 Å². The fraction of sp³-hybridized carbons (Fsp3) is 0.500. The van der Waals surface area contributed by atoms with Gasteiger partial charge in [0.15, 0.2) is 17.0 Å². The lowest BCUT2D eigenvalue weighted by Gasteiger charge is -2.21. The Balaban J connectivity index is 1.75. The Morgan fingerprint density at radius 2 is 1.97 bits per heavy atom. The van der Waals surface area contributed by atoms with Crippen molar-refractivity contribution >= 4 is 34.5 Å². The summed E-state index contributed by atoms with van der Waals surface area (Å²) in [5.41, 5.74) is 1.74. The van der Waals surface area contributed by atoms with Crippen LogP contribution in [-0.4, -0.2) is 50.5 Å². The molecule has 1 aliphatic heterocycles. The first-order valence-electron chi connectivity index (χ1n) is 9.83. The van der Waals surface area contributed by atoms with E-state index < -0.39 is 12.5 Å². The summed E-state index contributed by atoms with van der Waals surface area (Å²) in [7, 11) is 0. The molecule has 1 fully saturated rings. The van der Waals surface area contributed by atoms with Gasteiger partial charge in [-0.2, -0.15) is 9.97 Å². The van der Waals surface area contributed by atoms with Crippen molar-refractivity contribution in [2.24, 2.45) is 5.41 Å². The number of alkyl halides is 2. The van der Waals surface area contributed by atoms with Gasteiger partial charge in [0.05, 0.1) is 13.1 Å². The van der Waals surface area contributed by atoms with Crippen molar-refractivity contribution < 1.29 is 8.78 Å². The molecule has 2 aromatic heterocycles. The minimum absolute atomic E-state index is 0.00475. The highest BCUT2D eigenvalue weighted by molar-refractivity contribution is 6.31. The van der Waals surface area contributed by atoms with Crippen molar-refractivity contribution in [3.8, 4) is 0 Å². The number of rotatable bonds is 5. The van der Waals surface area contributed by atoms with Gasteiger partial charge in [0, 0.05) is 24.5 Å². The molecule has 4 rings (SSSR count). The molecule has 3 heterocycles. The van der Waals surface area contributed by atoms with E-state index in [1.807, 2.05) is 18.2 Å². The smallest absolute Gasteiger partial charge is 0.266 e. The Kier molecular flexibility index (Phi) is 5.25. The zero-order chi connectivity index (χ0) is 21.5. The third-order valence-corrected chi connectivity index (χ3v) is 5.24. The van der Waals surface area contributed by atoms with Crippen molar-refractivity contribution in [3.05, 3.63) is 34.9 Å². The van der Waals surface area contributed by atoms with Gasteiger partial charge in [0.25, 0.3) is 5.92 Å². The predicted molar refractivity (Wildman–Crippen MR) is 113 cm³/mol. The number of aromatic nitrogens is 5. The van der Waals surface area contributed by atoms with Crippen LogP contribution < -0.4 is 10.2 Å². The van der Waals surface area contributed by atoms with Crippen LogP contribution in [0, 0.1) is 5.41 Å². The molecule has 0 radical (unpaired) electrons. The van der Waals surface area contributed by atoms with Crippen LogP contribution in [-0.2, 0) is 6.54 Å². The quantitative estimate of drug-likeness (QED) is 0.646. The average Bonchev–Trinajstić information content (AvgIpc) is 3.24. The third-order valence-electron chi connectivity index (χ3n) is 4.87. The Hall–Kier alpha value is -2.55. The molecule has 0 aliphatic carbocycles. The van der Waals surface area contributed by atoms with Gasteiger partial charge in [-0.25, -0.2) is 13.5 Å². The second-order valence-electron chi connectivity index (χ2n) is 8.82. The molecular weight excluding hydrogens is 412 g/mol. The first kappa shape index (κ1) is 20.7. The molecule has 0 unspecified atom stereocenters. The highest BCUT2D eigenvalue weighted by Crippen LogP contribution is 2.33. The highest BCUT2D eigenvalue weighted by atomic mass is 35.5. The van der Waals surface area contributed by atoms with E-state index in [-0.39, 0.29) is 18.4 Å². The molecule has 0 saturated carbocycles. The van der Waals surface area contributed by atoms with Crippen molar-refractivity contribution in [1.29, 1.82) is 0 Å². The van der Waals surface area contributed by atoms with Crippen LogP contribution in [0.5, 0.6) is 0 Å². The summed E-state index contributed by atoms with van der Waals surface area (Å²) in [5.74, 6) is -2.01. The molecule has 160 valence electrons. The topological polar surface area (TPSA) is 71.8 Å². The Morgan fingerprint density at radius 1 is 1.20 bits per heavy atom. The van der Waals surface area contributed by atoms with Crippen LogP contribution in [0.1, 0.15) is 32.8 Å². The van der Waals surface area contributed by atoms with Crippen LogP contribution in [0.15, 0.2) is 24.3 Å². The zero-order valence-electron chi connectivity index (χ0n) is 17.2. The summed E-state index contributed by atoms with van der Waals surface area (Å²) >= 11 is 6.29. The van der Waals surface area contributed by atoms with E-state index in [2.05, 4.69) is 46.4 Å². The van der Waals surface area contributed by atoms with Gasteiger partial charge in [0.1, 0.15) is 0 Å². The molecule has 30 heavy (non-hydrogen) atoms. The van der Waals surface area contributed by atoms with Gasteiger partial charge >= 0.3 is 0 Å². The number of fused-ring (bicyclic) bond motifs is 1. The van der Waals surface area contributed by atoms with E-state index in [9.17, 15) is 8.78 Å². The van der Waals surface area contributed by atoms with Crippen LogP contribution in [0.4, 0.5) is 20.5 Å². The normalized spacial score (nSPS) is 16.4. The summed E-state index contributed by atoms with van der Waals surface area (Å²) in [6.45, 7) is 7.06. The molecule has 0 bridgehead atoms. The maximum atomic E-state index is 13.9. The molecule has 0 atom stereocenters. The second kappa shape index (κ2) is 7.61. The number of hydrogen-bond donors (Lipinski definition) is 1. The van der Waals surface area contributed by atoms with Gasteiger partial charge in [-0.3, -0.25) is 0 Å². The Labute approximate surface area is 178 Å². The molecule has 1 aliphatic rings. The molecule has 10 heteroatoms. The van der Waals surface area contributed by atoms with Gasteiger partial charge in [-0.05, 0) is 17.0 Å². The van der Waals surface area contributed by atoms with Gasteiger partial charge in [-0.1, -0.05) is 55.8 Å². The van der Waals surface area contributed by atoms with Crippen molar-refractivity contribution in [1.82, 2.24) is 25.0 Å². The van der Waals surface area contributed by atoms with Gasteiger partial charge in [-0.15, -0.1) is 5.10 Å². The highest BCUT2D eigenvalue weighted by Gasteiger charge is 2.40.